The molecule has 1 aromatic heterocycles. The summed E-state index contributed by atoms with van der Waals surface area (Å²) in [5.41, 5.74) is 6.17. The van der Waals surface area contributed by atoms with Gasteiger partial charge in [0.05, 0.1) is 4.88 Å². The van der Waals surface area contributed by atoms with Gasteiger partial charge in [0.25, 0.3) is 11.8 Å². The molecule has 2 unspecified atom stereocenters. The van der Waals surface area contributed by atoms with Crippen LogP contribution in [0.5, 0.6) is 11.5 Å². The number of nitrogens with one attached hydrogen (secondary N) is 2. The number of aryl methyl sites for hydroxylation is 1. The van der Waals surface area contributed by atoms with E-state index in [1.165, 1.54) is 21.8 Å². The second-order valence-electron chi connectivity index (χ2n) is 6.71. The molecule has 7 heteroatoms. The van der Waals surface area contributed by atoms with Crippen molar-refractivity contribution in [2.45, 2.75) is 32.3 Å². The molecule has 0 saturated heterocycles. The van der Waals surface area contributed by atoms with Crippen LogP contribution in [-0.2, 0) is 17.6 Å². The van der Waals surface area contributed by atoms with E-state index in [1.807, 2.05) is 18.2 Å². The van der Waals surface area contributed by atoms with Gasteiger partial charge in [0.15, 0.2) is 11.5 Å². The molecule has 1 aliphatic carbocycles. The first-order valence-corrected chi connectivity index (χ1v) is 9.52. The number of para-hydroxylation sites is 2. The van der Waals surface area contributed by atoms with E-state index in [-0.39, 0.29) is 12.5 Å². The molecule has 1 aliphatic heterocycles. The molecule has 2 amide bonds. The Labute approximate surface area is 155 Å². The Morgan fingerprint density at radius 1 is 1.19 bits per heavy atom. The number of benzene rings is 1. The SMILES string of the molecule is CC1CCc2sc(C(=O)NNC(=O)C3COc4ccccc4O3)cc2C1. The van der Waals surface area contributed by atoms with E-state index >= 15 is 0 Å². The zero-order valence-electron chi connectivity index (χ0n) is 14.4. The van der Waals surface area contributed by atoms with E-state index in [0.29, 0.717) is 22.3 Å². The van der Waals surface area contributed by atoms with Crippen molar-refractivity contribution in [2.75, 3.05) is 6.61 Å². The third-order valence-electron chi connectivity index (χ3n) is 4.65. The lowest BCUT2D eigenvalue weighted by molar-refractivity contribution is -0.131. The highest BCUT2D eigenvalue weighted by atomic mass is 32.1. The largest absolute Gasteiger partial charge is 0.485 e. The molecule has 0 fully saturated rings. The van der Waals surface area contributed by atoms with Gasteiger partial charge in [-0.1, -0.05) is 19.1 Å². The van der Waals surface area contributed by atoms with Crippen molar-refractivity contribution in [3.8, 4) is 11.5 Å². The molecule has 0 bridgehead atoms. The first-order chi connectivity index (χ1) is 12.6. The molecular formula is C19H20N2O4S. The van der Waals surface area contributed by atoms with Crippen LogP contribution in [0, 0.1) is 5.92 Å². The average Bonchev–Trinajstić information content (AvgIpc) is 3.08. The smallest absolute Gasteiger partial charge is 0.283 e. The average molecular weight is 372 g/mol. The van der Waals surface area contributed by atoms with E-state index in [0.717, 1.165) is 19.3 Å². The minimum atomic E-state index is -0.803. The molecule has 2 atom stereocenters. The van der Waals surface area contributed by atoms with Crippen molar-refractivity contribution in [1.82, 2.24) is 10.9 Å². The Morgan fingerprint density at radius 3 is 2.85 bits per heavy atom. The highest BCUT2D eigenvalue weighted by Gasteiger charge is 2.28. The van der Waals surface area contributed by atoms with Crippen molar-refractivity contribution in [3.63, 3.8) is 0 Å². The lowest BCUT2D eigenvalue weighted by Gasteiger charge is -2.25. The summed E-state index contributed by atoms with van der Waals surface area (Å²) in [4.78, 5) is 26.5. The zero-order chi connectivity index (χ0) is 18.1. The highest BCUT2D eigenvalue weighted by molar-refractivity contribution is 7.14. The van der Waals surface area contributed by atoms with Gasteiger partial charge in [-0.2, -0.15) is 0 Å². The molecule has 2 aliphatic rings. The first-order valence-electron chi connectivity index (χ1n) is 8.70. The number of hydrogen-bond donors (Lipinski definition) is 2. The van der Waals surface area contributed by atoms with Crippen LogP contribution in [-0.4, -0.2) is 24.5 Å². The second kappa shape index (κ2) is 6.99. The van der Waals surface area contributed by atoms with Gasteiger partial charge in [-0.25, -0.2) is 0 Å². The topological polar surface area (TPSA) is 76.7 Å². The van der Waals surface area contributed by atoms with Crippen molar-refractivity contribution in [2.24, 2.45) is 5.92 Å². The lowest BCUT2D eigenvalue weighted by atomic mass is 9.90. The predicted molar refractivity (Wildman–Crippen MR) is 97.5 cm³/mol. The Bertz CT molecular complexity index is 848. The maximum Gasteiger partial charge on any atom is 0.283 e. The van der Waals surface area contributed by atoms with Gasteiger partial charge < -0.3 is 9.47 Å². The van der Waals surface area contributed by atoms with Gasteiger partial charge >= 0.3 is 0 Å². The zero-order valence-corrected chi connectivity index (χ0v) is 15.2. The van der Waals surface area contributed by atoms with Crippen LogP contribution in [0.3, 0.4) is 0 Å². The van der Waals surface area contributed by atoms with Crippen LogP contribution >= 0.6 is 11.3 Å². The van der Waals surface area contributed by atoms with Crippen molar-refractivity contribution >= 4 is 23.2 Å². The standard InChI is InChI=1S/C19H20N2O4S/c1-11-6-7-16-12(8-11)9-17(26-16)19(23)21-20-18(22)15-10-24-13-4-2-3-5-14(13)25-15/h2-5,9,11,15H,6-8,10H2,1H3,(H,20,22)(H,21,23). The third kappa shape index (κ3) is 3.39. The summed E-state index contributed by atoms with van der Waals surface area (Å²) < 4.78 is 11.1. The lowest BCUT2D eigenvalue weighted by Crippen LogP contribution is -2.50. The number of carbonyl (C=O) groups excluding carboxylic acids is 2. The molecule has 2 N–H and O–H groups in total. The minimum Gasteiger partial charge on any atom is -0.485 e. The Hall–Kier alpha value is -2.54. The number of amides is 2. The van der Waals surface area contributed by atoms with Crippen LogP contribution in [0.25, 0.3) is 0 Å². The summed E-state index contributed by atoms with van der Waals surface area (Å²) in [5, 5.41) is 0. The number of hydrazine groups is 1. The normalized spacial score (nSPS) is 20.8. The third-order valence-corrected chi connectivity index (χ3v) is 5.89. The van der Waals surface area contributed by atoms with Crippen LogP contribution in [0.1, 0.15) is 33.5 Å². The molecule has 26 heavy (non-hydrogen) atoms. The molecule has 0 radical (unpaired) electrons. The minimum absolute atomic E-state index is 0.101. The summed E-state index contributed by atoms with van der Waals surface area (Å²) in [6, 6.07) is 9.11. The highest BCUT2D eigenvalue weighted by Crippen LogP contribution is 2.32. The molecule has 0 spiro atoms. The number of fused-ring (bicyclic) bond motifs is 2. The molecule has 2 aromatic rings. The van der Waals surface area contributed by atoms with Crippen molar-refractivity contribution in [3.05, 3.63) is 45.6 Å². The molecular weight excluding hydrogens is 352 g/mol. The summed E-state index contributed by atoms with van der Waals surface area (Å²) in [5.74, 6) is 1.04. The Balaban J connectivity index is 1.34. The van der Waals surface area contributed by atoms with E-state index in [9.17, 15) is 9.59 Å². The second-order valence-corrected chi connectivity index (χ2v) is 7.85. The van der Waals surface area contributed by atoms with Crippen LogP contribution in [0.15, 0.2) is 30.3 Å². The van der Waals surface area contributed by atoms with E-state index in [2.05, 4.69) is 17.8 Å². The summed E-state index contributed by atoms with van der Waals surface area (Å²) in [6.45, 7) is 2.33. The van der Waals surface area contributed by atoms with Gasteiger partial charge in [0.1, 0.15) is 6.61 Å². The molecule has 0 saturated carbocycles. The maximum atomic E-state index is 12.3. The van der Waals surface area contributed by atoms with Crippen molar-refractivity contribution < 1.29 is 19.1 Å². The molecule has 6 nitrogen and oxygen atoms in total. The van der Waals surface area contributed by atoms with E-state index in [1.54, 1.807) is 12.1 Å². The first kappa shape index (κ1) is 16.9. The van der Waals surface area contributed by atoms with Gasteiger partial charge in [-0.05, 0) is 48.9 Å². The number of ether oxygens (including phenoxy) is 2. The summed E-state index contributed by atoms with van der Waals surface area (Å²) >= 11 is 1.50. The van der Waals surface area contributed by atoms with Gasteiger partial charge in [0, 0.05) is 4.88 Å². The fraction of sp³-hybridized carbons (Fsp3) is 0.368. The quantitative estimate of drug-likeness (QED) is 0.794. The van der Waals surface area contributed by atoms with Gasteiger partial charge in [-0.15, -0.1) is 11.3 Å². The maximum absolute atomic E-state index is 12.3. The molecule has 4 rings (SSSR count). The summed E-state index contributed by atoms with van der Waals surface area (Å²) in [7, 11) is 0. The number of thiophene rings is 1. The monoisotopic (exact) mass is 372 g/mol. The van der Waals surface area contributed by atoms with E-state index in [4.69, 9.17) is 9.47 Å². The van der Waals surface area contributed by atoms with Crippen LogP contribution in [0.2, 0.25) is 0 Å². The predicted octanol–water partition coefficient (Wildman–Crippen LogP) is 2.47. The fourth-order valence-electron chi connectivity index (χ4n) is 3.23. The molecule has 2 heterocycles. The summed E-state index contributed by atoms with van der Waals surface area (Å²) in [6.07, 6.45) is 2.39. The van der Waals surface area contributed by atoms with E-state index < -0.39 is 12.0 Å². The fourth-order valence-corrected chi connectivity index (χ4v) is 4.33. The number of rotatable bonds is 2. The van der Waals surface area contributed by atoms with Crippen molar-refractivity contribution in [1.29, 1.82) is 0 Å². The van der Waals surface area contributed by atoms with Crippen LogP contribution < -0.4 is 20.3 Å². The van der Waals surface area contributed by atoms with Crippen LogP contribution in [0.4, 0.5) is 0 Å². The van der Waals surface area contributed by atoms with Gasteiger partial charge in [-0.3, -0.25) is 20.4 Å². The molecule has 136 valence electrons. The number of carbonyl (C=O) groups is 2. The number of hydrogen-bond acceptors (Lipinski definition) is 5. The molecule has 1 aromatic carbocycles. The van der Waals surface area contributed by atoms with Gasteiger partial charge in [0.2, 0.25) is 6.10 Å². The Kier molecular flexibility index (Phi) is 4.55. The Morgan fingerprint density at radius 2 is 2.00 bits per heavy atom.